The fourth-order valence-corrected chi connectivity index (χ4v) is 2.32. The molecule has 1 fully saturated rings. The quantitative estimate of drug-likeness (QED) is 0.687. The number of benzene rings is 1. The van der Waals surface area contributed by atoms with E-state index in [2.05, 4.69) is 0 Å². The van der Waals surface area contributed by atoms with Gasteiger partial charge in [0.2, 0.25) is 0 Å². The maximum Gasteiger partial charge on any atom is 0.416 e. The molecule has 1 N–H and O–H groups in total. The van der Waals surface area contributed by atoms with Gasteiger partial charge in [-0.25, -0.2) is 0 Å². The highest BCUT2D eigenvalue weighted by Gasteiger charge is 2.30. The second-order valence-electron chi connectivity index (χ2n) is 5.34. The van der Waals surface area contributed by atoms with E-state index in [9.17, 15) is 18.3 Å². The average molecular weight is 296 g/mol. The smallest absolute Gasteiger partial charge is 0.416 e. The molecule has 0 heterocycles. The highest BCUT2D eigenvalue weighted by atomic mass is 19.4. The van der Waals surface area contributed by atoms with Crippen LogP contribution in [0.5, 0.6) is 0 Å². The van der Waals surface area contributed by atoms with Crippen LogP contribution in [-0.2, 0) is 6.18 Å². The van der Waals surface area contributed by atoms with Crippen molar-refractivity contribution in [3.8, 4) is 0 Å². The Balaban J connectivity index is 2.28. The minimum atomic E-state index is -4.32. The number of aliphatic hydroxyl groups excluding tert-OH is 1. The molecule has 0 spiro atoms. The van der Waals surface area contributed by atoms with Crippen molar-refractivity contribution in [2.24, 2.45) is 0 Å². The Labute approximate surface area is 122 Å². The minimum absolute atomic E-state index is 0.282. The Morgan fingerprint density at radius 2 is 1.81 bits per heavy atom. The van der Waals surface area contributed by atoms with Crippen molar-refractivity contribution in [2.75, 3.05) is 0 Å². The van der Waals surface area contributed by atoms with Gasteiger partial charge in [0.05, 0.1) is 5.56 Å². The summed E-state index contributed by atoms with van der Waals surface area (Å²) in [4.78, 5) is 0. The summed E-state index contributed by atoms with van der Waals surface area (Å²) in [5.74, 6) is 0.282. The van der Waals surface area contributed by atoms with Gasteiger partial charge in [-0.3, -0.25) is 0 Å². The summed E-state index contributed by atoms with van der Waals surface area (Å²) in [5, 5.41) is 10.0. The van der Waals surface area contributed by atoms with E-state index >= 15 is 0 Å². The topological polar surface area (TPSA) is 20.2 Å². The number of alkyl halides is 3. The third-order valence-corrected chi connectivity index (χ3v) is 3.73. The van der Waals surface area contributed by atoms with Crippen molar-refractivity contribution in [2.45, 2.75) is 45.2 Å². The first-order valence-electron chi connectivity index (χ1n) is 7.21. The van der Waals surface area contributed by atoms with Crippen molar-refractivity contribution in [1.29, 1.82) is 0 Å². The molecule has 0 amide bonds. The number of aliphatic hydroxyl groups is 1. The van der Waals surface area contributed by atoms with Crippen molar-refractivity contribution < 1.29 is 18.3 Å². The highest BCUT2D eigenvalue weighted by molar-refractivity contribution is 5.68. The van der Waals surface area contributed by atoms with E-state index in [0.717, 1.165) is 60.9 Å². The number of allylic oxidation sites excluding steroid dienone is 3. The molecule has 21 heavy (non-hydrogen) atoms. The Kier molecular flexibility index (Phi) is 4.76. The first-order chi connectivity index (χ1) is 9.91. The number of halogens is 3. The van der Waals surface area contributed by atoms with Crippen LogP contribution in [0.25, 0.3) is 5.57 Å². The first kappa shape index (κ1) is 15.7. The molecule has 1 nitrogen and oxygen atoms in total. The Hall–Kier alpha value is -1.71. The first-order valence-corrected chi connectivity index (χ1v) is 7.21. The Morgan fingerprint density at radius 3 is 2.24 bits per heavy atom. The summed E-state index contributed by atoms with van der Waals surface area (Å²) < 4.78 is 37.7. The molecule has 1 aromatic rings. The van der Waals surface area contributed by atoms with Gasteiger partial charge in [0, 0.05) is 0 Å². The van der Waals surface area contributed by atoms with Gasteiger partial charge in [-0.05, 0) is 60.6 Å². The predicted molar refractivity (Wildman–Crippen MR) is 77.8 cm³/mol. The van der Waals surface area contributed by atoms with E-state index in [0.29, 0.717) is 0 Å². The van der Waals surface area contributed by atoms with E-state index < -0.39 is 11.7 Å². The number of hydrogen-bond acceptors (Lipinski definition) is 1. The summed E-state index contributed by atoms with van der Waals surface area (Å²) in [6.45, 7) is 2.01. The zero-order chi connectivity index (χ0) is 15.5. The maximum atomic E-state index is 12.6. The van der Waals surface area contributed by atoms with Gasteiger partial charge in [-0.1, -0.05) is 25.5 Å². The van der Waals surface area contributed by atoms with Gasteiger partial charge in [-0.15, -0.1) is 0 Å². The lowest BCUT2D eigenvalue weighted by Gasteiger charge is -2.18. The lowest BCUT2D eigenvalue weighted by atomic mass is 9.90. The molecule has 1 aromatic carbocycles. The van der Waals surface area contributed by atoms with Gasteiger partial charge in [0.1, 0.15) is 5.76 Å². The van der Waals surface area contributed by atoms with Gasteiger partial charge in [0.15, 0.2) is 0 Å². The second-order valence-corrected chi connectivity index (χ2v) is 5.34. The highest BCUT2D eigenvalue weighted by Crippen LogP contribution is 2.32. The van der Waals surface area contributed by atoms with Crippen molar-refractivity contribution in [3.63, 3.8) is 0 Å². The molecule has 0 aromatic heterocycles. The Bertz CT molecular complexity index is 544. The largest absolute Gasteiger partial charge is 0.508 e. The minimum Gasteiger partial charge on any atom is -0.508 e. The van der Waals surface area contributed by atoms with Crippen LogP contribution in [0.3, 0.4) is 0 Å². The SMILES string of the molecule is CCC/C(=C\C(O)=C1CCC1)c1ccc(C(F)(F)F)cc1. The third-order valence-electron chi connectivity index (χ3n) is 3.73. The van der Waals surface area contributed by atoms with Crippen LogP contribution in [-0.4, -0.2) is 5.11 Å². The summed E-state index contributed by atoms with van der Waals surface area (Å²) in [7, 11) is 0. The molecule has 0 aliphatic heterocycles. The van der Waals surface area contributed by atoms with Crippen LogP contribution in [0.2, 0.25) is 0 Å². The fraction of sp³-hybridized carbons (Fsp3) is 0.412. The normalized spacial score (nSPS) is 15.8. The molecule has 0 atom stereocenters. The number of hydrogen-bond donors (Lipinski definition) is 1. The molecule has 0 bridgehead atoms. The van der Waals surface area contributed by atoms with E-state index in [-0.39, 0.29) is 5.76 Å². The lowest BCUT2D eigenvalue weighted by molar-refractivity contribution is -0.137. The van der Waals surface area contributed by atoms with E-state index in [4.69, 9.17) is 0 Å². The fourth-order valence-electron chi connectivity index (χ4n) is 2.32. The van der Waals surface area contributed by atoms with Gasteiger partial charge < -0.3 is 5.11 Å². The molecule has 0 saturated heterocycles. The molecular weight excluding hydrogens is 277 g/mol. The molecule has 1 aliphatic rings. The molecule has 0 unspecified atom stereocenters. The molecule has 4 heteroatoms. The molecule has 2 rings (SSSR count). The average Bonchev–Trinajstić information content (AvgIpc) is 2.35. The summed E-state index contributed by atoms with van der Waals surface area (Å²) in [6, 6.07) is 5.13. The molecule has 114 valence electrons. The maximum absolute atomic E-state index is 12.6. The monoisotopic (exact) mass is 296 g/mol. The third kappa shape index (κ3) is 3.90. The summed E-state index contributed by atoms with van der Waals surface area (Å²) >= 11 is 0. The zero-order valence-electron chi connectivity index (χ0n) is 12.0. The molecule has 1 saturated carbocycles. The van der Waals surface area contributed by atoms with Crippen molar-refractivity contribution in [3.05, 3.63) is 52.8 Å². The summed E-state index contributed by atoms with van der Waals surface area (Å²) in [5.41, 5.74) is 2.00. The zero-order valence-corrected chi connectivity index (χ0v) is 12.0. The van der Waals surface area contributed by atoms with Gasteiger partial charge in [0.25, 0.3) is 0 Å². The van der Waals surface area contributed by atoms with E-state index in [1.807, 2.05) is 6.92 Å². The molecular formula is C17H19F3O. The molecule has 0 radical (unpaired) electrons. The number of rotatable bonds is 4. The summed E-state index contributed by atoms with van der Waals surface area (Å²) in [6.07, 6.45) is 1.90. The lowest BCUT2D eigenvalue weighted by Crippen LogP contribution is -2.04. The molecule has 1 aliphatic carbocycles. The Morgan fingerprint density at radius 1 is 1.19 bits per heavy atom. The van der Waals surface area contributed by atoms with Crippen LogP contribution < -0.4 is 0 Å². The van der Waals surface area contributed by atoms with Crippen molar-refractivity contribution >= 4 is 5.57 Å². The van der Waals surface area contributed by atoms with E-state index in [1.54, 1.807) is 6.08 Å². The van der Waals surface area contributed by atoms with Crippen LogP contribution in [0.15, 0.2) is 41.7 Å². The standard InChI is InChI=1S/C17H19F3O/c1-2-4-14(11-16(21)13-5-3-6-13)12-7-9-15(10-8-12)17(18,19)20/h7-11,21H,2-6H2,1H3/b14-11+. The second kappa shape index (κ2) is 6.37. The van der Waals surface area contributed by atoms with E-state index in [1.165, 1.54) is 12.1 Å². The van der Waals surface area contributed by atoms with Gasteiger partial charge >= 0.3 is 6.18 Å². The van der Waals surface area contributed by atoms with Crippen LogP contribution in [0, 0.1) is 0 Å². The van der Waals surface area contributed by atoms with Crippen LogP contribution >= 0.6 is 0 Å². The van der Waals surface area contributed by atoms with Crippen molar-refractivity contribution in [1.82, 2.24) is 0 Å². The van der Waals surface area contributed by atoms with Crippen LogP contribution in [0.1, 0.15) is 50.2 Å². The van der Waals surface area contributed by atoms with Gasteiger partial charge in [-0.2, -0.15) is 13.2 Å². The van der Waals surface area contributed by atoms with Crippen LogP contribution in [0.4, 0.5) is 13.2 Å². The predicted octanol–water partition coefficient (Wildman–Crippen LogP) is 5.88.